The molecule has 0 amide bonds. The van der Waals surface area contributed by atoms with Gasteiger partial charge < -0.3 is 10.0 Å². The zero-order valence-corrected chi connectivity index (χ0v) is 14.3. The van der Waals surface area contributed by atoms with E-state index >= 15 is 0 Å². The van der Waals surface area contributed by atoms with Crippen molar-refractivity contribution < 1.29 is 5.11 Å². The van der Waals surface area contributed by atoms with Crippen LogP contribution in [0.3, 0.4) is 0 Å². The van der Waals surface area contributed by atoms with Gasteiger partial charge in [-0.3, -0.25) is 0 Å². The molecule has 1 fully saturated rings. The Morgan fingerprint density at radius 3 is 2.80 bits per heavy atom. The summed E-state index contributed by atoms with van der Waals surface area (Å²) in [7, 11) is 2.22. The Morgan fingerprint density at radius 2 is 2.10 bits per heavy atom. The maximum absolute atomic E-state index is 10.3. The Hall–Kier alpha value is -0.0300. The first-order valence-electron chi connectivity index (χ1n) is 7.81. The predicted octanol–water partition coefficient (Wildman–Crippen LogP) is 4.55. The van der Waals surface area contributed by atoms with Gasteiger partial charge in [-0.25, -0.2) is 0 Å². The van der Waals surface area contributed by atoms with Crippen LogP contribution in [0.25, 0.3) is 0 Å². The molecule has 0 radical (unpaired) electrons. The first kappa shape index (κ1) is 16.3. The van der Waals surface area contributed by atoms with Gasteiger partial charge in [0.25, 0.3) is 0 Å². The zero-order chi connectivity index (χ0) is 14.4. The summed E-state index contributed by atoms with van der Waals surface area (Å²) in [5.41, 5.74) is 0. The van der Waals surface area contributed by atoms with Gasteiger partial charge in [-0.2, -0.15) is 0 Å². The normalized spacial score (nSPS) is 18.6. The van der Waals surface area contributed by atoms with Crippen LogP contribution in [0.1, 0.15) is 56.4 Å². The van der Waals surface area contributed by atoms with Crippen molar-refractivity contribution in [3.63, 3.8) is 0 Å². The number of nitrogens with zero attached hydrogens (tertiary/aromatic N) is 1. The van der Waals surface area contributed by atoms with Gasteiger partial charge in [-0.1, -0.05) is 26.2 Å². The first-order chi connectivity index (χ1) is 9.70. The average molecular weight is 314 g/mol. The van der Waals surface area contributed by atoms with Gasteiger partial charge in [0.15, 0.2) is 0 Å². The fourth-order valence-corrected chi connectivity index (χ4v) is 4.99. The molecule has 1 saturated carbocycles. The summed E-state index contributed by atoms with van der Waals surface area (Å²) < 4.78 is 1.32. The third-order valence-corrected chi connectivity index (χ3v) is 6.46. The van der Waals surface area contributed by atoms with Gasteiger partial charge in [0, 0.05) is 17.5 Å². The smallest absolute Gasteiger partial charge is 0.0894 e. The molecular formula is C16H27NOS2. The Bertz CT molecular complexity index is 388. The third kappa shape index (κ3) is 4.76. The van der Waals surface area contributed by atoms with E-state index in [-0.39, 0.29) is 6.10 Å². The molecule has 0 aromatic carbocycles. The summed E-state index contributed by atoms with van der Waals surface area (Å²) in [4.78, 5) is 3.58. The molecule has 0 bridgehead atoms. The van der Waals surface area contributed by atoms with Crippen LogP contribution in [0.4, 0.5) is 0 Å². The Balaban J connectivity index is 1.76. The number of hydrogen-bond donors (Lipinski definition) is 1. The second-order valence-corrected chi connectivity index (χ2v) is 8.35. The molecule has 0 aliphatic heterocycles. The molecule has 1 heterocycles. The number of thiophene rings is 1. The van der Waals surface area contributed by atoms with E-state index in [4.69, 9.17) is 0 Å². The fourth-order valence-electron chi connectivity index (χ4n) is 2.91. The van der Waals surface area contributed by atoms with E-state index in [0.29, 0.717) is 0 Å². The van der Waals surface area contributed by atoms with Crippen molar-refractivity contribution in [3.8, 4) is 0 Å². The van der Waals surface area contributed by atoms with E-state index < -0.39 is 0 Å². The second-order valence-electron chi connectivity index (χ2n) is 5.67. The summed E-state index contributed by atoms with van der Waals surface area (Å²) >= 11 is 3.60. The van der Waals surface area contributed by atoms with Crippen LogP contribution in [0, 0.1) is 0 Å². The van der Waals surface area contributed by atoms with Crippen molar-refractivity contribution in [3.05, 3.63) is 17.0 Å². The number of hydrogen-bond acceptors (Lipinski definition) is 4. The predicted molar refractivity (Wildman–Crippen MR) is 89.8 cm³/mol. The quantitative estimate of drug-likeness (QED) is 0.747. The largest absolute Gasteiger partial charge is 0.388 e. The molecule has 0 saturated heterocycles. The van der Waals surface area contributed by atoms with Crippen LogP contribution in [0.2, 0.25) is 0 Å². The van der Waals surface area contributed by atoms with Gasteiger partial charge in [0.2, 0.25) is 0 Å². The first-order valence-corrected chi connectivity index (χ1v) is 9.61. The molecule has 1 aliphatic carbocycles. The van der Waals surface area contributed by atoms with Crippen molar-refractivity contribution in [2.45, 2.75) is 61.8 Å². The second kappa shape index (κ2) is 8.42. The van der Waals surface area contributed by atoms with Crippen LogP contribution in [0.5, 0.6) is 0 Å². The van der Waals surface area contributed by atoms with Crippen LogP contribution in [-0.4, -0.2) is 35.4 Å². The summed E-state index contributed by atoms with van der Waals surface area (Å²) in [6.07, 6.45) is 7.38. The summed E-state index contributed by atoms with van der Waals surface area (Å²) in [5.74, 6) is 1.10. The summed E-state index contributed by atoms with van der Waals surface area (Å²) in [6.45, 7) is 3.17. The van der Waals surface area contributed by atoms with Crippen molar-refractivity contribution in [1.29, 1.82) is 0 Å². The third-order valence-electron chi connectivity index (χ3n) is 4.17. The summed E-state index contributed by atoms with van der Waals surface area (Å²) in [5, 5.41) is 10.3. The zero-order valence-electron chi connectivity index (χ0n) is 12.7. The number of rotatable bonds is 7. The molecule has 4 heteroatoms. The molecule has 114 valence electrons. The Morgan fingerprint density at radius 1 is 1.35 bits per heavy atom. The molecular weight excluding hydrogens is 286 g/mol. The minimum atomic E-state index is -0.294. The maximum Gasteiger partial charge on any atom is 0.0894 e. The van der Waals surface area contributed by atoms with Crippen molar-refractivity contribution in [2.75, 3.05) is 19.3 Å². The molecule has 2 nitrogen and oxygen atoms in total. The van der Waals surface area contributed by atoms with Gasteiger partial charge in [-0.15, -0.1) is 23.1 Å². The van der Waals surface area contributed by atoms with Crippen LogP contribution in [-0.2, 0) is 0 Å². The van der Waals surface area contributed by atoms with Gasteiger partial charge in [0.05, 0.1) is 10.3 Å². The monoisotopic (exact) mass is 313 g/mol. The maximum atomic E-state index is 10.3. The molecule has 1 atom stereocenters. The molecule has 1 N–H and O–H groups in total. The van der Waals surface area contributed by atoms with E-state index in [1.54, 1.807) is 11.3 Å². The molecule has 1 aromatic rings. The highest BCUT2D eigenvalue weighted by Crippen LogP contribution is 2.32. The molecule has 1 aromatic heterocycles. The fraction of sp³-hybridized carbons (Fsp3) is 0.750. The molecule has 20 heavy (non-hydrogen) atoms. The Kier molecular flexibility index (Phi) is 6.88. The Labute approximate surface area is 131 Å². The highest BCUT2D eigenvalue weighted by atomic mass is 32.2. The van der Waals surface area contributed by atoms with Crippen LogP contribution in [0.15, 0.2) is 16.3 Å². The lowest BCUT2D eigenvalue weighted by atomic mass is 9.94. The highest BCUT2D eigenvalue weighted by molar-refractivity contribution is 8.01. The topological polar surface area (TPSA) is 23.5 Å². The summed E-state index contributed by atoms with van der Waals surface area (Å²) in [6, 6.07) is 4.97. The van der Waals surface area contributed by atoms with Crippen molar-refractivity contribution in [1.82, 2.24) is 4.90 Å². The van der Waals surface area contributed by atoms with E-state index in [1.807, 2.05) is 11.8 Å². The lowest BCUT2D eigenvalue weighted by Gasteiger charge is -2.31. The lowest BCUT2D eigenvalue weighted by molar-refractivity contribution is 0.127. The minimum absolute atomic E-state index is 0.294. The standard InChI is InChI=1S/C16H27NOS2/c1-3-19-16-10-9-15(20-16)14(18)11-12-17(2)13-7-5-4-6-8-13/h9-10,13-14,18H,3-8,11-12H2,1-2H3. The molecule has 0 spiro atoms. The van der Waals surface area contributed by atoms with Gasteiger partial charge >= 0.3 is 0 Å². The van der Waals surface area contributed by atoms with E-state index in [1.165, 1.54) is 36.3 Å². The molecule has 1 unspecified atom stereocenters. The average Bonchev–Trinajstić information content (AvgIpc) is 2.94. The van der Waals surface area contributed by atoms with E-state index in [0.717, 1.165) is 29.6 Å². The highest BCUT2D eigenvalue weighted by Gasteiger charge is 2.19. The van der Waals surface area contributed by atoms with Gasteiger partial charge in [0.1, 0.15) is 0 Å². The number of aliphatic hydroxyl groups excluding tert-OH is 1. The lowest BCUT2D eigenvalue weighted by Crippen LogP contribution is -2.34. The SMILES string of the molecule is CCSc1ccc(C(O)CCN(C)C2CCCCC2)s1. The van der Waals surface area contributed by atoms with Gasteiger partial charge in [-0.05, 0) is 44.2 Å². The number of thioether (sulfide) groups is 1. The molecule has 1 aliphatic rings. The van der Waals surface area contributed by atoms with Crippen molar-refractivity contribution in [2.24, 2.45) is 0 Å². The van der Waals surface area contributed by atoms with Crippen molar-refractivity contribution >= 4 is 23.1 Å². The van der Waals surface area contributed by atoms with Crippen LogP contribution >= 0.6 is 23.1 Å². The minimum Gasteiger partial charge on any atom is -0.388 e. The number of aliphatic hydroxyl groups is 1. The molecule has 2 rings (SSSR count). The van der Waals surface area contributed by atoms with E-state index in [2.05, 4.69) is 31.0 Å². The van der Waals surface area contributed by atoms with Crippen LogP contribution < -0.4 is 0 Å². The van der Waals surface area contributed by atoms with E-state index in [9.17, 15) is 5.11 Å².